The van der Waals surface area contributed by atoms with E-state index in [0.29, 0.717) is 35.1 Å². The Morgan fingerprint density at radius 1 is 1.30 bits per heavy atom. The molecule has 1 aromatic heterocycles. The Morgan fingerprint density at radius 2 is 2.00 bits per heavy atom. The lowest BCUT2D eigenvalue weighted by molar-refractivity contribution is -0.138. The van der Waals surface area contributed by atoms with Crippen molar-refractivity contribution in [2.24, 2.45) is 0 Å². The molecule has 2 bridgehead atoms. The maximum absolute atomic E-state index is 12.8. The minimum Gasteiger partial charge on any atom is -0.501 e. The van der Waals surface area contributed by atoms with E-state index in [9.17, 15) is 19.5 Å². The molecule has 1 aliphatic rings. The van der Waals surface area contributed by atoms with Crippen LogP contribution in [-0.4, -0.2) is 34.8 Å². The Bertz CT molecular complexity index is 1250. The second-order valence-electron chi connectivity index (χ2n) is 6.85. The lowest BCUT2D eigenvalue weighted by Gasteiger charge is -2.12. The number of hydrogen-bond acceptors (Lipinski definition) is 7. The molecule has 8 heteroatoms. The van der Waals surface area contributed by atoms with Gasteiger partial charge in [-0.3, -0.25) is 9.59 Å². The summed E-state index contributed by atoms with van der Waals surface area (Å²) in [5.41, 5.74) is 8.74. The van der Waals surface area contributed by atoms with Crippen molar-refractivity contribution in [3.8, 4) is 5.75 Å². The van der Waals surface area contributed by atoms with Gasteiger partial charge in [0.15, 0.2) is 12.0 Å². The molecular weight excluding hydrogens is 388 g/mol. The van der Waals surface area contributed by atoms with Crippen LogP contribution in [0, 0.1) is 6.92 Å². The number of aromatic nitrogens is 1. The number of allylic oxidation sites excluding steroid dienone is 1. The summed E-state index contributed by atoms with van der Waals surface area (Å²) in [6.45, 7) is 2.27. The van der Waals surface area contributed by atoms with Gasteiger partial charge in [0.1, 0.15) is 0 Å². The number of carbonyl (C=O) groups excluding carboxylic acids is 3. The predicted molar refractivity (Wildman–Crippen MR) is 109 cm³/mol. The van der Waals surface area contributed by atoms with Gasteiger partial charge in [0.25, 0.3) is 5.76 Å². The number of carbonyl (C=O) groups is 3. The van der Waals surface area contributed by atoms with Gasteiger partial charge in [-0.1, -0.05) is 30.3 Å². The quantitative estimate of drug-likeness (QED) is 0.505. The van der Waals surface area contributed by atoms with E-state index in [4.69, 9.17) is 10.5 Å². The number of aliphatic hydroxyl groups is 1. The van der Waals surface area contributed by atoms with E-state index in [0.717, 1.165) is 12.7 Å². The highest BCUT2D eigenvalue weighted by Gasteiger charge is 2.35. The SMILES string of the molecule is COC(=O)C1=C(O)C(=O)c2cc3c(c(N)c(C)n3Cc3ccccc3)c(c2C=O)O1. The van der Waals surface area contributed by atoms with Gasteiger partial charge >= 0.3 is 5.97 Å². The Balaban J connectivity index is 2.04. The van der Waals surface area contributed by atoms with Crippen LogP contribution in [0.1, 0.15) is 32.0 Å². The highest BCUT2D eigenvalue weighted by Crippen LogP contribution is 2.42. The zero-order valence-corrected chi connectivity index (χ0v) is 16.3. The number of hydrogen-bond donors (Lipinski definition) is 2. The van der Waals surface area contributed by atoms with Crippen molar-refractivity contribution in [3.63, 3.8) is 0 Å². The molecule has 0 aliphatic carbocycles. The zero-order chi connectivity index (χ0) is 21.6. The molecule has 30 heavy (non-hydrogen) atoms. The van der Waals surface area contributed by atoms with Crippen molar-refractivity contribution in [1.82, 2.24) is 4.57 Å². The Morgan fingerprint density at radius 3 is 2.63 bits per heavy atom. The summed E-state index contributed by atoms with van der Waals surface area (Å²) >= 11 is 0. The van der Waals surface area contributed by atoms with Crippen LogP contribution in [0.2, 0.25) is 0 Å². The monoisotopic (exact) mass is 406 g/mol. The summed E-state index contributed by atoms with van der Waals surface area (Å²) in [5, 5.41) is 10.7. The van der Waals surface area contributed by atoms with Gasteiger partial charge in [-0.25, -0.2) is 4.79 Å². The largest absolute Gasteiger partial charge is 0.501 e. The summed E-state index contributed by atoms with van der Waals surface area (Å²) in [6, 6.07) is 11.1. The molecule has 2 heterocycles. The molecule has 0 fully saturated rings. The van der Waals surface area contributed by atoms with Crippen LogP contribution in [0.5, 0.6) is 5.75 Å². The zero-order valence-electron chi connectivity index (χ0n) is 16.3. The number of nitrogens with zero attached hydrogens (tertiary/aromatic N) is 1. The Hall–Kier alpha value is -4.07. The number of anilines is 1. The fraction of sp³-hybridized carbons (Fsp3) is 0.136. The van der Waals surface area contributed by atoms with E-state index in [1.807, 2.05) is 41.8 Å². The third-order valence-corrected chi connectivity index (χ3v) is 5.20. The molecule has 0 saturated carbocycles. The van der Waals surface area contributed by atoms with E-state index >= 15 is 0 Å². The number of aldehydes is 1. The fourth-order valence-electron chi connectivity index (χ4n) is 3.63. The van der Waals surface area contributed by atoms with Gasteiger partial charge in [-0.15, -0.1) is 0 Å². The number of ether oxygens (including phenoxy) is 2. The number of nitrogens with two attached hydrogens (primary N) is 1. The highest BCUT2D eigenvalue weighted by atomic mass is 16.6. The van der Waals surface area contributed by atoms with Crippen LogP contribution in [0.4, 0.5) is 5.69 Å². The second-order valence-corrected chi connectivity index (χ2v) is 6.85. The van der Waals surface area contributed by atoms with E-state index in [2.05, 4.69) is 4.74 Å². The number of nitrogen functional groups attached to an aromatic ring is 1. The summed E-state index contributed by atoms with van der Waals surface area (Å²) in [6.07, 6.45) is 0.443. The summed E-state index contributed by atoms with van der Waals surface area (Å²) in [7, 11) is 1.09. The first-order chi connectivity index (χ1) is 14.4. The van der Waals surface area contributed by atoms with Gasteiger partial charge in [0.05, 0.1) is 29.3 Å². The molecule has 8 nitrogen and oxygen atoms in total. The molecule has 3 aromatic rings. The average molecular weight is 406 g/mol. The number of benzene rings is 2. The standard InChI is InChI=1S/C22H18N2O6/c1-11-17(23)16-15(24(11)9-12-6-4-3-5-7-12)8-13-14(10-25)20(16)30-21(22(28)29-2)19(27)18(13)26/h3-8,10,27H,9,23H2,1-2H3. The van der Waals surface area contributed by atoms with Gasteiger partial charge in [-0.2, -0.15) is 0 Å². The van der Waals surface area contributed by atoms with Crippen LogP contribution in [0.3, 0.4) is 0 Å². The number of esters is 1. The molecule has 0 radical (unpaired) electrons. The van der Waals surface area contributed by atoms with E-state index < -0.39 is 23.3 Å². The average Bonchev–Trinajstić information content (AvgIpc) is 2.96. The fourth-order valence-corrected chi connectivity index (χ4v) is 3.63. The van der Waals surface area contributed by atoms with Gasteiger partial charge in [0.2, 0.25) is 11.5 Å². The smallest absolute Gasteiger partial charge is 0.378 e. The third kappa shape index (κ3) is 2.73. The minimum atomic E-state index is -1.05. The second kappa shape index (κ2) is 7.07. The summed E-state index contributed by atoms with van der Waals surface area (Å²) < 4.78 is 12.1. The highest BCUT2D eigenvalue weighted by molar-refractivity contribution is 6.19. The van der Waals surface area contributed by atoms with E-state index in [1.165, 1.54) is 6.07 Å². The third-order valence-electron chi connectivity index (χ3n) is 5.20. The maximum Gasteiger partial charge on any atom is 0.378 e. The predicted octanol–water partition coefficient (Wildman–Crippen LogP) is 2.91. The van der Waals surface area contributed by atoms with Crippen LogP contribution < -0.4 is 10.5 Å². The molecule has 0 spiro atoms. The normalized spacial score (nSPS) is 13.2. The lowest BCUT2D eigenvalue weighted by Crippen LogP contribution is -2.16. The van der Waals surface area contributed by atoms with Crippen LogP contribution in [0.25, 0.3) is 10.9 Å². The van der Waals surface area contributed by atoms with Gasteiger partial charge in [-0.05, 0) is 18.6 Å². The lowest BCUT2D eigenvalue weighted by atomic mass is 9.99. The van der Waals surface area contributed by atoms with Crippen molar-refractivity contribution in [3.05, 3.63) is 70.3 Å². The molecule has 2 aromatic carbocycles. The summed E-state index contributed by atoms with van der Waals surface area (Å²) in [4.78, 5) is 36.7. The Kier molecular flexibility index (Phi) is 4.54. The molecule has 0 atom stereocenters. The number of ketones is 1. The number of fused-ring (bicyclic) bond motifs is 4. The van der Waals surface area contributed by atoms with Crippen molar-refractivity contribution < 1.29 is 29.0 Å². The van der Waals surface area contributed by atoms with Gasteiger partial charge < -0.3 is 24.9 Å². The van der Waals surface area contributed by atoms with Crippen LogP contribution >= 0.6 is 0 Å². The van der Waals surface area contributed by atoms with Crippen molar-refractivity contribution in [2.75, 3.05) is 12.8 Å². The molecule has 3 N–H and O–H groups in total. The number of aliphatic hydroxyl groups excluding tert-OH is 1. The maximum atomic E-state index is 12.8. The van der Waals surface area contributed by atoms with E-state index in [-0.39, 0.29) is 16.9 Å². The first-order valence-electron chi connectivity index (χ1n) is 9.07. The first-order valence-corrected chi connectivity index (χ1v) is 9.07. The van der Waals surface area contributed by atoms with Crippen molar-refractivity contribution in [2.45, 2.75) is 13.5 Å². The van der Waals surface area contributed by atoms with Crippen molar-refractivity contribution >= 4 is 34.6 Å². The number of Topliss-reactive ketones (excluding diaryl/α,β-unsaturated/α-hetero) is 1. The summed E-state index contributed by atoms with van der Waals surface area (Å²) in [5.74, 6) is -3.66. The molecule has 0 amide bonds. The molecular formula is C22H18N2O6. The molecule has 1 aliphatic heterocycles. The van der Waals surface area contributed by atoms with Gasteiger partial charge in [0, 0.05) is 17.8 Å². The molecule has 0 saturated heterocycles. The van der Waals surface area contributed by atoms with E-state index in [1.54, 1.807) is 0 Å². The minimum absolute atomic E-state index is 0.0669. The number of rotatable bonds is 4. The van der Waals surface area contributed by atoms with Crippen LogP contribution in [0.15, 0.2) is 47.9 Å². The molecule has 152 valence electrons. The molecule has 0 unspecified atom stereocenters. The van der Waals surface area contributed by atoms with Crippen molar-refractivity contribution in [1.29, 1.82) is 0 Å². The topological polar surface area (TPSA) is 121 Å². The van der Waals surface area contributed by atoms with Crippen LogP contribution in [-0.2, 0) is 16.1 Å². The number of methoxy groups -OCH3 is 1. The molecule has 4 rings (SSSR count). The Labute approximate surface area is 171 Å². The first kappa shape index (κ1) is 19.3.